The van der Waals surface area contributed by atoms with Gasteiger partial charge in [0.25, 0.3) is 0 Å². The van der Waals surface area contributed by atoms with E-state index in [-0.39, 0.29) is 11.6 Å². The van der Waals surface area contributed by atoms with Crippen LogP contribution in [0.25, 0.3) is 0 Å². The van der Waals surface area contributed by atoms with Crippen molar-refractivity contribution in [1.82, 2.24) is 14.8 Å². The van der Waals surface area contributed by atoms with Crippen LogP contribution in [0.2, 0.25) is 5.02 Å². The molecular formula is C10H7ClF3N3. The van der Waals surface area contributed by atoms with Gasteiger partial charge in [-0.05, 0) is 12.1 Å². The van der Waals surface area contributed by atoms with E-state index in [1.54, 1.807) is 18.5 Å². The van der Waals surface area contributed by atoms with Crippen LogP contribution in [-0.2, 0) is 12.7 Å². The van der Waals surface area contributed by atoms with Crippen molar-refractivity contribution in [3.63, 3.8) is 0 Å². The number of alkyl halides is 3. The van der Waals surface area contributed by atoms with Gasteiger partial charge in [0.05, 0.1) is 22.8 Å². The minimum Gasteiger partial charge on any atom is -0.267 e. The Morgan fingerprint density at radius 1 is 1.35 bits per heavy atom. The molecule has 0 atom stereocenters. The Labute approximate surface area is 99.8 Å². The summed E-state index contributed by atoms with van der Waals surface area (Å²) in [5.41, 5.74) is -0.505. The molecule has 0 radical (unpaired) electrons. The van der Waals surface area contributed by atoms with E-state index in [0.29, 0.717) is 5.69 Å². The van der Waals surface area contributed by atoms with Crippen molar-refractivity contribution >= 4 is 11.6 Å². The summed E-state index contributed by atoms with van der Waals surface area (Å²) in [6, 6.07) is 2.57. The summed E-state index contributed by atoms with van der Waals surface area (Å²) in [5.74, 6) is 0. The van der Waals surface area contributed by atoms with Crippen molar-refractivity contribution in [3.05, 3.63) is 47.0 Å². The normalized spacial score (nSPS) is 11.8. The highest BCUT2D eigenvalue weighted by Gasteiger charge is 2.31. The Morgan fingerprint density at radius 3 is 2.65 bits per heavy atom. The van der Waals surface area contributed by atoms with Crippen LogP contribution in [-0.4, -0.2) is 14.8 Å². The van der Waals surface area contributed by atoms with Crippen LogP contribution in [0.1, 0.15) is 11.3 Å². The average Bonchev–Trinajstić information content (AvgIpc) is 2.72. The predicted octanol–water partition coefficient (Wildman–Crippen LogP) is 3.00. The lowest BCUT2D eigenvalue weighted by molar-refractivity contribution is -0.137. The summed E-state index contributed by atoms with van der Waals surface area (Å²) < 4.78 is 38.6. The fourth-order valence-electron chi connectivity index (χ4n) is 1.29. The zero-order valence-electron chi connectivity index (χ0n) is 8.45. The molecule has 0 saturated heterocycles. The van der Waals surface area contributed by atoms with Gasteiger partial charge in [-0.15, -0.1) is 0 Å². The molecule has 0 unspecified atom stereocenters. The minimum atomic E-state index is -4.43. The fraction of sp³-hybridized carbons (Fsp3) is 0.200. The van der Waals surface area contributed by atoms with E-state index < -0.39 is 11.7 Å². The minimum absolute atomic E-state index is 0.0182. The second-order valence-corrected chi connectivity index (χ2v) is 3.76. The molecular weight excluding hydrogens is 255 g/mol. The van der Waals surface area contributed by atoms with Gasteiger partial charge in [0.15, 0.2) is 0 Å². The van der Waals surface area contributed by atoms with Gasteiger partial charge < -0.3 is 0 Å². The van der Waals surface area contributed by atoms with Crippen LogP contribution < -0.4 is 0 Å². The highest BCUT2D eigenvalue weighted by atomic mass is 35.5. The van der Waals surface area contributed by atoms with Crippen molar-refractivity contribution in [3.8, 4) is 0 Å². The number of hydrogen-bond acceptors (Lipinski definition) is 2. The third-order valence-electron chi connectivity index (χ3n) is 2.12. The molecule has 0 N–H and O–H groups in total. The first kappa shape index (κ1) is 11.9. The molecule has 7 heteroatoms. The SMILES string of the molecule is FC(F)(F)c1cnc(Cn2cccn2)c(Cl)c1. The molecule has 90 valence electrons. The maximum atomic E-state index is 12.4. The molecule has 3 nitrogen and oxygen atoms in total. The maximum Gasteiger partial charge on any atom is 0.417 e. The number of aromatic nitrogens is 3. The summed E-state index contributed by atoms with van der Waals surface area (Å²) in [6.07, 6.45) is -0.417. The molecule has 0 aliphatic rings. The van der Waals surface area contributed by atoms with E-state index in [9.17, 15) is 13.2 Å². The monoisotopic (exact) mass is 261 g/mol. The maximum absolute atomic E-state index is 12.4. The Kier molecular flexibility index (Phi) is 3.06. The number of nitrogens with zero attached hydrogens (tertiary/aromatic N) is 3. The summed E-state index contributed by atoms with van der Waals surface area (Å²) >= 11 is 5.75. The first-order valence-corrected chi connectivity index (χ1v) is 5.03. The van der Waals surface area contributed by atoms with E-state index in [1.165, 1.54) is 4.68 Å². The van der Waals surface area contributed by atoms with Crippen LogP contribution in [0, 0.1) is 0 Å². The summed E-state index contributed by atoms with van der Waals surface area (Å²) in [7, 11) is 0. The molecule has 0 fully saturated rings. The van der Waals surface area contributed by atoms with Gasteiger partial charge in [-0.1, -0.05) is 11.6 Å². The third-order valence-corrected chi connectivity index (χ3v) is 2.44. The zero-order chi connectivity index (χ0) is 12.5. The van der Waals surface area contributed by atoms with Crippen LogP contribution in [0.3, 0.4) is 0 Å². The largest absolute Gasteiger partial charge is 0.417 e. The molecule has 2 aromatic heterocycles. The third kappa shape index (κ3) is 2.76. The molecule has 0 amide bonds. The molecule has 0 aromatic carbocycles. The van der Waals surface area contributed by atoms with Gasteiger partial charge in [0.1, 0.15) is 0 Å². The Hall–Kier alpha value is -1.56. The lowest BCUT2D eigenvalue weighted by Gasteiger charge is -2.09. The number of rotatable bonds is 2. The van der Waals surface area contributed by atoms with Crippen molar-refractivity contribution in [2.75, 3.05) is 0 Å². The van der Waals surface area contributed by atoms with E-state index >= 15 is 0 Å². The predicted molar refractivity (Wildman–Crippen MR) is 55.6 cm³/mol. The van der Waals surface area contributed by atoms with Crippen molar-refractivity contribution in [2.45, 2.75) is 12.7 Å². The van der Waals surface area contributed by atoms with Crippen LogP contribution >= 0.6 is 11.6 Å². The van der Waals surface area contributed by atoms with E-state index in [1.807, 2.05) is 0 Å². The first-order chi connectivity index (χ1) is 7.97. The molecule has 17 heavy (non-hydrogen) atoms. The van der Waals surface area contributed by atoms with Gasteiger partial charge in [-0.25, -0.2) is 0 Å². The van der Waals surface area contributed by atoms with E-state index in [4.69, 9.17) is 11.6 Å². The van der Waals surface area contributed by atoms with Crippen LogP contribution in [0.4, 0.5) is 13.2 Å². The highest BCUT2D eigenvalue weighted by Crippen LogP contribution is 2.31. The molecule has 2 aromatic rings. The topological polar surface area (TPSA) is 30.7 Å². The van der Waals surface area contributed by atoms with Crippen molar-refractivity contribution in [1.29, 1.82) is 0 Å². The number of hydrogen-bond donors (Lipinski definition) is 0. The quantitative estimate of drug-likeness (QED) is 0.832. The Morgan fingerprint density at radius 2 is 2.12 bits per heavy atom. The van der Waals surface area contributed by atoms with Gasteiger partial charge in [0, 0.05) is 18.6 Å². The number of pyridine rings is 1. The van der Waals surface area contributed by atoms with Gasteiger partial charge >= 0.3 is 6.18 Å². The van der Waals surface area contributed by atoms with E-state index in [2.05, 4.69) is 10.1 Å². The lowest BCUT2D eigenvalue weighted by atomic mass is 10.2. The van der Waals surface area contributed by atoms with Gasteiger partial charge in [-0.3, -0.25) is 9.67 Å². The standard InChI is InChI=1S/C10H7ClF3N3/c11-8-4-7(10(12,13)14)5-15-9(8)6-17-3-1-2-16-17/h1-5H,6H2. The smallest absolute Gasteiger partial charge is 0.267 e. The molecule has 0 spiro atoms. The molecule has 0 aliphatic carbocycles. The second kappa shape index (κ2) is 4.37. The first-order valence-electron chi connectivity index (χ1n) is 4.66. The van der Waals surface area contributed by atoms with Crippen LogP contribution in [0.5, 0.6) is 0 Å². The highest BCUT2D eigenvalue weighted by molar-refractivity contribution is 6.31. The summed E-state index contributed by atoms with van der Waals surface area (Å²) in [5, 5.41) is 3.90. The summed E-state index contributed by atoms with van der Waals surface area (Å²) in [6.45, 7) is 0.240. The molecule has 2 rings (SSSR count). The van der Waals surface area contributed by atoms with E-state index in [0.717, 1.165) is 12.3 Å². The molecule has 2 heterocycles. The van der Waals surface area contributed by atoms with Gasteiger partial charge in [0.2, 0.25) is 0 Å². The van der Waals surface area contributed by atoms with Crippen LogP contribution in [0.15, 0.2) is 30.7 Å². The summed E-state index contributed by atoms with van der Waals surface area (Å²) in [4.78, 5) is 3.71. The fourth-order valence-corrected chi connectivity index (χ4v) is 1.51. The van der Waals surface area contributed by atoms with Crippen molar-refractivity contribution < 1.29 is 13.2 Å². The second-order valence-electron chi connectivity index (χ2n) is 3.35. The molecule has 0 saturated carbocycles. The molecule has 0 aliphatic heterocycles. The molecule has 0 bridgehead atoms. The lowest BCUT2D eigenvalue weighted by Crippen LogP contribution is -2.08. The Balaban J connectivity index is 2.26. The van der Waals surface area contributed by atoms with Crippen molar-refractivity contribution in [2.24, 2.45) is 0 Å². The zero-order valence-corrected chi connectivity index (χ0v) is 9.20. The number of halogens is 4. The van der Waals surface area contributed by atoms with Gasteiger partial charge in [-0.2, -0.15) is 18.3 Å². The average molecular weight is 262 g/mol. The Bertz CT molecular complexity index is 508.